The van der Waals surface area contributed by atoms with E-state index in [-0.39, 0.29) is 0 Å². The van der Waals surface area contributed by atoms with Gasteiger partial charge >= 0.3 is 0 Å². The Bertz CT molecular complexity index is 532. The Hall–Kier alpha value is -1.13. The number of rotatable bonds is 3. The lowest BCUT2D eigenvalue weighted by Gasteiger charge is -2.22. The molecule has 2 aromatic rings. The molecule has 0 saturated carbocycles. The topological polar surface area (TPSA) is 34.1 Å². The van der Waals surface area contributed by atoms with Crippen molar-refractivity contribution in [2.24, 2.45) is 0 Å². The quantitative estimate of drug-likeness (QED) is 0.923. The molecule has 1 aliphatic rings. The molecule has 4 heteroatoms. The van der Waals surface area contributed by atoms with Gasteiger partial charge in [0.05, 0.1) is 22.3 Å². The molecule has 1 unspecified atom stereocenters. The van der Waals surface area contributed by atoms with E-state index in [1.165, 1.54) is 29.0 Å². The lowest BCUT2D eigenvalue weighted by molar-refractivity contribution is 0.399. The van der Waals surface area contributed by atoms with Crippen LogP contribution in [0.25, 0.3) is 10.2 Å². The van der Waals surface area contributed by atoms with E-state index in [1.807, 2.05) is 12.1 Å². The molecule has 0 radical (unpaired) electrons. The van der Waals surface area contributed by atoms with Crippen LogP contribution in [0.2, 0.25) is 0 Å². The molecule has 1 atom stereocenters. The first-order valence-electron chi connectivity index (χ1n) is 6.52. The molecule has 1 fully saturated rings. The predicted octanol–water partition coefficient (Wildman–Crippen LogP) is 2.99. The first kappa shape index (κ1) is 11.9. The summed E-state index contributed by atoms with van der Waals surface area (Å²) < 4.78 is 6.49. The van der Waals surface area contributed by atoms with Crippen LogP contribution in [-0.2, 0) is 6.42 Å². The maximum absolute atomic E-state index is 5.23. The molecule has 0 amide bonds. The smallest absolute Gasteiger partial charge is 0.121 e. The zero-order valence-corrected chi connectivity index (χ0v) is 11.4. The van der Waals surface area contributed by atoms with E-state index in [1.54, 1.807) is 18.4 Å². The van der Waals surface area contributed by atoms with E-state index in [4.69, 9.17) is 9.72 Å². The van der Waals surface area contributed by atoms with Crippen molar-refractivity contribution in [2.45, 2.75) is 31.7 Å². The van der Waals surface area contributed by atoms with Crippen molar-refractivity contribution in [3.8, 4) is 5.75 Å². The fourth-order valence-electron chi connectivity index (χ4n) is 2.48. The second kappa shape index (κ2) is 5.24. The largest absolute Gasteiger partial charge is 0.497 e. The predicted molar refractivity (Wildman–Crippen MR) is 75.5 cm³/mol. The van der Waals surface area contributed by atoms with Crippen molar-refractivity contribution in [3.63, 3.8) is 0 Å². The van der Waals surface area contributed by atoms with Crippen LogP contribution in [0.15, 0.2) is 18.2 Å². The number of thiazole rings is 1. The van der Waals surface area contributed by atoms with Crippen LogP contribution >= 0.6 is 11.3 Å². The van der Waals surface area contributed by atoms with Crippen molar-refractivity contribution < 1.29 is 4.74 Å². The SMILES string of the molecule is COc1ccc2sc(CC3CCCCN3)nc2c1. The zero-order chi connectivity index (χ0) is 12.4. The molecule has 1 aromatic carbocycles. The zero-order valence-electron chi connectivity index (χ0n) is 10.6. The van der Waals surface area contributed by atoms with Crippen LogP contribution in [0.5, 0.6) is 5.75 Å². The first-order chi connectivity index (χ1) is 8.85. The highest BCUT2D eigenvalue weighted by Crippen LogP contribution is 2.27. The number of aromatic nitrogens is 1. The molecule has 3 rings (SSSR count). The standard InChI is InChI=1S/C14H18N2OS/c1-17-11-5-6-13-12(9-11)16-14(18-13)8-10-4-2-3-7-15-10/h5-6,9-10,15H,2-4,7-8H2,1H3. The first-order valence-corrected chi connectivity index (χ1v) is 7.33. The molecular weight excluding hydrogens is 244 g/mol. The number of nitrogens with zero attached hydrogens (tertiary/aromatic N) is 1. The summed E-state index contributed by atoms with van der Waals surface area (Å²) in [6.07, 6.45) is 4.99. The summed E-state index contributed by atoms with van der Waals surface area (Å²) in [6, 6.07) is 6.73. The van der Waals surface area contributed by atoms with Gasteiger partial charge in [0.15, 0.2) is 0 Å². The Morgan fingerprint density at radius 1 is 1.44 bits per heavy atom. The molecule has 1 aromatic heterocycles. The number of ether oxygens (including phenoxy) is 1. The molecule has 0 spiro atoms. The van der Waals surface area contributed by atoms with Gasteiger partial charge in [-0.3, -0.25) is 0 Å². The Labute approximate surface area is 111 Å². The minimum Gasteiger partial charge on any atom is -0.497 e. The molecule has 2 heterocycles. The average Bonchev–Trinajstić information content (AvgIpc) is 2.80. The Kier molecular flexibility index (Phi) is 3.48. The maximum Gasteiger partial charge on any atom is 0.121 e. The van der Waals surface area contributed by atoms with Crippen molar-refractivity contribution in [2.75, 3.05) is 13.7 Å². The molecule has 0 bridgehead atoms. The van der Waals surface area contributed by atoms with Crippen LogP contribution in [0.1, 0.15) is 24.3 Å². The highest BCUT2D eigenvalue weighted by Gasteiger charge is 2.15. The van der Waals surface area contributed by atoms with E-state index < -0.39 is 0 Å². The van der Waals surface area contributed by atoms with E-state index >= 15 is 0 Å². The second-order valence-corrected chi connectivity index (χ2v) is 5.91. The highest BCUT2D eigenvalue weighted by molar-refractivity contribution is 7.18. The van der Waals surface area contributed by atoms with E-state index in [9.17, 15) is 0 Å². The van der Waals surface area contributed by atoms with Crippen LogP contribution in [0.3, 0.4) is 0 Å². The number of fused-ring (bicyclic) bond motifs is 1. The maximum atomic E-state index is 5.23. The third kappa shape index (κ3) is 2.49. The highest BCUT2D eigenvalue weighted by atomic mass is 32.1. The molecule has 96 valence electrons. The van der Waals surface area contributed by atoms with E-state index in [0.29, 0.717) is 6.04 Å². The van der Waals surface area contributed by atoms with Gasteiger partial charge in [0.25, 0.3) is 0 Å². The summed E-state index contributed by atoms with van der Waals surface area (Å²) in [5.74, 6) is 0.884. The molecule has 1 N–H and O–H groups in total. The minimum absolute atomic E-state index is 0.612. The van der Waals surface area contributed by atoms with Crippen LogP contribution in [-0.4, -0.2) is 24.7 Å². The van der Waals surface area contributed by atoms with Crippen LogP contribution in [0, 0.1) is 0 Å². The summed E-state index contributed by atoms with van der Waals surface area (Å²) in [6.45, 7) is 1.16. The van der Waals surface area contributed by atoms with Gasteiger partial charge in [-0.1, -0.05) is 6.42 Å². The Morgan fingerprint density at radius 2 is 2.39 bits per heavy atom. The Morgan fingerprint density at radius 3 is 3.17 bits per heavy atom. The summed E-state index contributed by atoms with van der Waals surface area (Å²) in [5.41, 5.74) is 1.06. The normalized spacial score (nSPS) is 20.2. The lowest BCUT2D eigenvalue weighted by atomic mass is 10.0. The molecule has 3 nitrogen and oxygen atoms in total. The summed E-state index contributed by atoms with van der Waals surface area (Å²) in [7, 11) is 1.69. The number of methoxy groups -OCH3 is 1. The van der Waals surface area contributed by atoms with Gasteiger partial charge in [-0.2, -0.15) is 0 Å². The van der Waals surface area contributed by atoms with Gasteiger partial charge in [0.1, 0.15) is 5.75 Å². The van der Waals surface area contributed by atoms with Gasteiger partial charge in [-0.05, 0) is 31.5 Å². The third-order valence-corrected chi connectivity index (χ3v) is 4.53. The summed E-state index contributed by atoms with van der Waals surface area (Å²) in [5, 5.41) is 4.81. The van der Waals surface area contributed by atoms with Gasteiger partial charge in [0, 0.05) is 18.5 Å². The fourth-order valence-corrected chi connectivity index (χ4v) is 3.51. The number of benzene rings is 1. The molecule has 0 aliphatic carbocycles. The van der Waals surface area contributed by atoms with Gasteiger partial charge < -0.3 is 10.1 Å². The molecule has 1 saturated heterocycles. The monoisotopic (exact) mass is 262 g/mol. The number of hydrogen-bond donors (Lipinski definition) is 1. The summed E-state index contributed by atoms with van der Waals surface area (Å²) >= 11 is 1.80. The van der Waals surface area contributed by atoms with Crippen LogP contribution < -0.4 is 10.1 Å². The van der Waals surface area contributed by atoms with Gasteiger partial charge in [-0.15, -0.1) is 11.3 Å². The number of piperidine rings is 1. The molecule has 1 aliphatic heterocycles. The number of nitrogens with one attached hydrogen (secondary N) is 1. The van der Waals surface area contributed by atoms with Gasteiger partial charge in [-0.25, -0.2) is 4.98 Å². The third-order valence-electron chi connectivity index (χ3n) is 3.47. The van der Waals surface area contributed by atoms with Crippen molar-refractivity contribution in [1.29, 1.82) is 0 Å². The van der Waals surface area contributed by atoms with Gasteiger partial charge in [0.2, 0.25) is 0 Å². The van der Waals surface area contributed by atoms with E-state index in [0.717, 1.165) is 24.2 Å². The van der Waals surface area contributed by atoms with Crippen molar-refractivity contribution in [1.82, 2.24) is 10.3 Å². The minimum atomic E-state index is 0.612. The molecular formula is C14H18N2OS. The molecule has 18 heavy (non-hydrogen) atoms. The van der Waals surface area contributed by atoms with Crippen molar-refractivity contribution in [3.05, 3.63) is 23.2 Å². The van der Waals surface area contributed by atoms with Crippen molar-refractivity contribution >= 4 is 21.6 Å². The Balaban J connectivity index is 1.79. The van der Waals surface area contributed by atoms with E-state index in [2.05, 4.69) is 11.4 Å². The second-order valence-electron chi connectivity index (χ2n) is 4.79. The summed E-state index contributed by atoms with van der Waals surface area (Å²) in [4.78, 5) is 4.71. The average molecular weight is 262 g/mol. The van der Waals surface area contributed by atoms with Crippen LogP contribution in [0.4, 0.5) is 0 Å². The fraction of sp³-hybridized carbons (Fsp3) is 0.500. The lowest BCUT2D eigenvalue weighted by Crippen LogP contribution is -2.35. The number of hydrogen-bond acceptors (Lipinski definition) is 4.